The Morgan fingerprint density at radius 3 is 2.91 bits per heavy atom. The second kappa shape index (κ2) is 9.19. The summed E-state index contributed by atoms with van der Waals surface area (Å²) < 4.78 is 3.05. The first-order chi connectivity index (χ1) is 16.1. The maximum absolute atomic E-state index is 12.7. The SMILES string of the molecule is N/C=C(\C=NCc1cn2cc(C3CC3)ccc2n1)C(=O)NCc1cccc2ccc(Br)cc12. The van der Waals surface area contributed by atoms with Gasteiger partial charge in [-0.2, -0.15) is 0 Å². The number of carbonyl (C=O) groups is 1. The van der Waals surface area contributed by atoms with Crippen LogP contribution in [0.4, 0.5) is 0 Å². The van der Waals surface area contributed by atoms with Crippen LogP contribution in [0.5, 0.6) is 0 Å². The summed E-state index contributed by atoms with van der Waals surface area (Å²) in [6.07, 6.45) is 9.47. The molecule has 1 aliphatic carbocycles. The molecule has 0 radical (unpaired) electrons. The first-order valence-corrected chi connectivity index (χ1v) is 11.7. The van der Waals surface area contributed by atoms with E-state index in [0.717, 1.165) is 32.1 Å². The molecule has 1 saturated carbocycles. The van der Waals surface area contributed by atoms with Crippen molar-refractivity contribution in [2.24, 2.45) is 10.7 Å². The first kappa shape index (κ1) is 21.4. The number of nitrogens with one attached hydrogen (secondary N) is 1. The molecule has 166 valence electrons. The van der Waals surface area contributed by atoms with E-state index >= 15 is 0 Å². The molecular weight excluding hydrogens is 478 g/mol. The highest BCUT2D eigenvalue weighted by Crippen LogP contribution is 2.39. The van der Waals surface area contributed by atoms with Gasteiger partial charge >= 0.3 is 0 Å². The molecule has 2 heterocycles. The van der Waals surface area contributed by atoms with Gasteiger partial charge in [0.2, 0.25) is 0 Å². The zero-order chi connectivity index (χ0) is 22.8. The fourth-order valence-corrected chi connectivity index (χ4v) is 4.31. The number of carbonyl (C=O) groups excluding carboxylic acids is 1. The average molecular weight is 502 g/mol. The number of amides is 1. The second-order valence-electron chi connectivity index (χ2n) is 8.29. The van der Waals surface area contributed by atoms with E-state index in [-0.39, 0.29) is 5.91 Å². The van der Waals surface area contributed by atoms with E-state index in [1.165, 1.54) is 30.8 Å². The predicted molar refractivity (Wildman–Crippen MR) is 135 cm³/mol. The average Bonchev–Trinajstić information content (AvgIpc) is 3.59. The van der Waals surface area contributed by atoms with Gasteiger partial charge in [-0.05, 0) is 58.9 Å². The van der Waals surface area contributed by atoms with Gasteiger partial charge in [0.25, 0.3) is 5.91 Å². The Hall–Kier alpha value is -3.45. The largest absolute Gasteiger partial charge is 0.404 e. The summed E-state index contributed by atoms with van der Waals surface area (Å²) in [6.45, 7) is 0.774. The maximum Gasteiger partial charge on any atom is 0.254 e. The molecule has 4 aromatic rings. The van der Waals surface area contributed by atoms with E-state index in [9.17, 15) is 4.79 Å². The minimum Gasteiger partial charge on any atom is -0.404 e. The summed E-state index contributed by atoms with van der Waals surface area (Å²) in [5, 5.41) is 5.16. The van der Waals surface area contributed by atoms with Crippen LogP contribution in [-0.2, 0) is 17.9 Å². The number of halogens is 1. The normalized spacial score (nSPS) is 14.4. The summed E-state index contributed by atoms with van der Waals surface area (Å²) in [5.41, 5.74) is 10.2. The molecule has 2 aromatic carbocycles. The summed E-state index contributed by atoms with van der Waals surface area (Å²) in [4.78, 5) is 21.7. The van der Waals surface area contributed by atoms with E-state index in [4.69, 9.17) is 5.73 Å². The second-order valence-corrected chi connectivity index (χ2v) is 9.21. The number of nitrogens with zero attached hydrogens (tertiary/aromatic N) is 3. The molecule has 33 heavy (non-hydrogen) atoms. The fraction of sp³-hybridized carbons (Fsp3) is 0.192. The minimum absolute atomic E-state index is 0.266. The lowest BCUT2D eigenvalue weighted by atomic mass is 10.0. The number of hydrogen-bond acceptors (Lipinski definition) is 4. The number of hydrogen-bond donors (Lipinski definition) is 2. The molecule has 5 rings (SSSR count). The Morgan fingerprint density at radius 2 is 2.09 bits per heavy atom. The van der Waals surface area contributed by atoms with Crippen LogP contribution >= 0.6 is 15.9 Å². The van der Waals surface area contributed by atoms with E-state index in [1.54, 1.807) is 0 Å². The van der Waals surface area contributed by atoms with Crippen molar-refractivity contribution in [3.8, 4) is 0 Å². The van der Waals surface area contributed by atoms with Gasteiger partial charge in [-0.25, -0.2) is 4.98 Å². The highest BCUT2D eigenvalue weighted by molar-refractivity contribution is 9.10. The van der Waals surface area contributed by atoms with Gasteiger partial charge < -0.3 is 15.5 Å². The van der Waals surface area contributed by atoms with Gasteiger partial charge in [0, 0.05) is 35.8 Å². The minimum atomic E-state index is -0.266. The highest BCUT2D eigenvalue weighted by Gasteiger charge is 2.23. The topological polar surface area (TPSA) is 84.8 Å². The predicted octanol–water partition coefficient (Wildman–Crippen LogP) is 4.86. The van der Waals surface area contributed by atoms with Crippen LogP contribution in [0.25, 0.3) is 16.4 Å². The van der Waals surface area contributed by atoms with Crippen molar-refractivity contribution in [2.75, 3.05) is 0 Å². The van der Waals surface area contributed by atoms with Crippen LogP contribution in [0.1, 0.15) is 35.6 Å². The van der Waals surface area contributed by atoms with Crippen LogP contribution in [0, 0.1) is 0 Å². The molecule has 0 atom stereocenters. The van der Waals surface area contributed by atoms with E-state index in [0.29, 0.717) is 24.6 Å². The molecule has 1 aliphatic rings. The van der Waals surface area contributed by atoms with Gasteiger partial charge in [0.1, 0.15) is 5.65 Å². The van der Waals surface area contributed by atoms with Crippen molar-refractivity contribution in [2.45, 2.75) is 31.8 Å². The quantitative estimate of drug-likeness (QED) is 0.280. The molecule has 1 amide bonds. The van der Waals surface area contributed by atoms with Gasteiger partial charge in [-0.3, -0.25) is 9.79 Å². The summed E-state index contributed by atoms with van der Waals surface area (Å²) in [6, 6.07) is 16.4. The van der Waals surface area contributed by atoms with Crippen LogP contribution in [0.15, 0.2) is 82.2 Å². The van der Waals surface area contributed by atoms with Crippen LogP contribution in [-0.4, -0.2) is 21.5 Å². The van der Waals surface area contributed by atoms with Crippen LogP contribution < -0.4 is 11.1 Å². The molecule has 0 unspecified atom stereocenters. The zero-order valence-electron chi connectivity index (χ0n) is 18.0. The van der Waals surface area contributed by atoms with Crippen molar-refractivity contribution in [3.05, 3.63) is 94.0 Å². The molecule has 2 aromatic heterocycles. The van der Waals surface area contributed by atoms with Crippen molar-refractivity contribution in [1.82, 2.24) is 14.7 Å². The smallest absolute Gasteiger partial charge is 0.254 e. The lowest BCUT2D eigenvalue weighted by molar-refractivity contribution is -0.117. The number of benzene rings is 2. The van der Waals surface area contributed by atoms with Crippen LogP contribution in [0.3, 0.4) is 0 Å². The molecule has 1 fully saturated rings. The lowest BCUT2D eigenvalue weighted by Crippen LogP contribution is -2.25. The number of fused-ring (bicyclic) bond motifs is 2. The van der Waals surface area contributed by atoms with Gasteiger partial charge in [0.15, 0.2) is 0 Å². The standard InChI is InChI=1S/C26H24BrN5O/c27-22-8-6-18-2-1-3-19(24(18)10-22)13-30-26(33)21(11-28)12-29-14-23-16-32-15-20(17-4-5-17)7-9-25(32)31-23/h1-3,6-12,15-17H,4-5,13-14,28H2,(H,30,33)/b21-11+,29-12?. The van der Waals surface area contributed by atoms with Gasteiger partial charge in [-0.15, -0.1) is 0 Å². The molecule has 0 spiro atoms. The highest BCUT2D eigenvalue weighted by atomic mass is 79.9. The third kappa shape index (κ3) is 4.83. The Bertz CT molecular complexity index is 1400. The maximum atomic E-state index is 12.7. The third-order valence-corrected chi connectivity index (χ3v) is 6.37. The van der Waals surface area contributed by atoms with E-state index < -0.39 is 0 Å². The molecule has 0 saturated heterocycles. The number of pyridine rings is 1. The number of imidazole rings is 1. The van der Waals surface area contributed by atoms with Gasteiger partial charge in [0.05, 0.1) is 17.8 Å². The monoisotopic (exact) mass is 501 g/mol. The molecule has 3 N–H and O–H groups in total. The fourth-order valence-electron chi connectivity index (χ4n) is 3.95. The molecule has 7 heteroatoms. The Labute approximate surface area is 200 Å². The van der Waals surface area contributed by atoms with Gasteiger partial charge in [-0.1, -0.05) is 46.3 Å². The van der Waals surface area contributed by atoms with E-state index in [2.05, 4.69) is 61.7 Å². The summed E-state index contributed by atoms with van der Waals surface area (Å²) in [7, 11) is 0. The van der Waals surface area contributed by atoms with E-state index in [1.807, 2.05) is 34.9 Å². The number of rotatable bonds is 7. The molecule has 6 nitrogen and oxygen atoms in total. The third-order valence-electron chi connectivity index (χ3n) is 5.87. The zero-order valence-corrected chi connectivity index (χ0v) is 19.6. The molecular formula is C26H24BrN5O. The first-order valence-electron chi connectivity index (χ1n) is 11.0. The Morgan fingerprint density at radius 1 is 1.21 bits per heavy atom. The van der Waals surface area contributed by atoms with Crippen LogP contribution in [0.2, 0.25) is 0 Å². The summed E-state index contributed by atoms with van der Waals surface area (Å²) >= 11 is 3.52. The van der Waals surface area contributed by atoms with Crippen molar-refractivity contribution < 1.29 is 4.79 Å². The Kier molecular flexibility index (Phi) is 5.96. The molecule has 0 aliphatic heterocycles. The number of aliphatic imine (C=N–C) groups is 1. The summed E-state index contributed by atoms with van der Waals surface area (Å²) in [5.74, 6) is 0.432. The molecule has 0 bridgehead atoms. The van der Waals surface area contributed by atoms with Crippen molar-refractivity contribution in [3.63, 3.8) is 0 Å². The van der Waals surface area contributed by atoms with Crippen molar-refractivity contribution in [1.29, 1.82) is 0 Å². The van der Waals surface area contributed by atoms with Crippen molar-refractivity contribution >= 4 is 44.5 Å². The lowest BCUT2D eigenvalue weighted by Gasteiger charge is -2.09. The number of aromatic nitrogens is 2. The Balaban J connectivity index is 1.22. The number of nitrogens with two attached hydrogens (primary N) is 1.